The van der Waals surface area contributed by atoms with E-state index in [0.717, 1.165) is 15.8 Å². The van der Waals surface area contributed by atoms with Crippen LogP contribution in [0.5, 0.6) is 5.75 Å². The van der Waals surface area contributed by atoms with Crippen LogP contribution in [0.25, 0.3) is 0 Å². The third-order valence-corrected chi connectivity index (χ3v) is 3.28. The molecule has 0 unspecified atom stereocenters. The fourth-order valence-electron chi connectivity index (χ4n) is 1.86. The molecule has 0 aliphatic carbocycles. The molecule has 0 bridgehead atoms. The Morgan fingerprint density at radius 1 is 1.47 bits per heavy atom. The van der Waals surface area contributed by atoms with Gasteiger partial charge >= 0.3 is 5.97 Å². The highest BCUT2D eigenvalue weighted by atomic mass is 79.9. The van der Waals surface area contributed by atoms with Crippen molar-refractivity contribution < 1.29 is 14.6 Å². The van der Waals surface area contributed by atoms with Gasteiger partial charge in [-0.2, -0.15) is 0 Å². The lowest BCUT2D eigenvalue weighted by Crippen LogP contribution is -2.37. The second kappa shape index (κ2) is 7.50. The maximum atomic E-state index is 11.2. The number of benzene rings is 1. The normalized spacial score (nSPS) is 12.5. The van der Waals surface area contributed by atoms with Crippen molar-refractivity contribution in [2.45, 2.75) is 32.9 Å². The number of ether oxygens (including phenoxy) is 1. The summed E-state index contributed by atoms with van der Waals surface area (Å²) in [4.78, 5) is 11.2. The molecule has 0 aliphatic rings. The third-order valence-electron chi connectivity index (χ3n) is 2.79. The fraction of sp³-hybridized carbons (Fsp3) is 0.500. The summed E-state index contributed by atoms with van der Waals surface area (Å²) in [6.07, 6.45) is 0.603. The van der Waals surface area contributed by atoms with E-state index < -0.39 is 12.0 Å². The zero-order chi connectivity index (χ0) is 14.4. The van der Waals surface area contributed by atoms with Crippen molar-refractivity contribution in [1.29, 1.82) is 0 Å². The van der Waals surface area contributed by atoms with E-state index in [1.807, 2.05) is 32.0 Å². The SMILES string of the molecule is COc1ccc(Br)cc1CN[C@@H](CC(C)C)C(=O)O. The van der Waals surface area contributed by atoms with Crippen LogP contribution >= 0.6 is 15.9 Å². The van der Waals surface area contributed by atoms with Crippen LogP contribution in [-0.4, -0.2) is 24.2 Å². The highest BCUT2D eigenvalue weighted by Crippen LogP contribution is 2.23. The first kappa shape index (κ1) is 16.0. The molecule has 0 spiro atoms. The van der Waals surface area contributed by atoms with E-state index in [2.05, 4.69) is 21.2 Å². The van der Waals surface area contributed by atoms with E-state index in [1.54, 1.807) is 7.11 Å². The van der Waals surface area contributed by atoms with Gasteiger partial charge < -0.3 is 15.2 Å². The molecule has 0 aromatic heterocycles. The Kier molecular flexibility index (Phi) is 6.31. The van der Waals surface area contributed by atoms with Crippen molar-refractivity contribution in [2.75, 3.05) is 7.11 Å². The Morgan fingerprint density at radius 2 is 2.16 bits per heavy atom. The van der Waals surface area contributed by atoms with Gasteiger partial charge in [0.15, 0.2) is 0 Å². The second-order valence-electron chi connectivity index (χ2n) is 4.86. The molecule has 0 amide bonds. The van der Waals surface area contributed by atoms with E-state index >= 15 is 0 Å². The van der Waals surface area contributed by atoms with Crippen LogP contribution < -0.4 is 10.1 Å². The highest BCUT2D eigenvalue weighted by molar-refractivity contribution is 9.10. The van der Waals surface area contributed by atoms with Gasteiger partial charge in [-0.3, -0.25) is 4.79 Å². The van der Waals surface area contributed by atoms with Crippen molar-refractivity contribution in [3.63, 3.8) is 0 Å². The van der Waals surface area contributed by atoms with Gasteiger partial charge in [-0.1, -0.05) is 29.8 Å². The van der Waals surface area contributed by atoms with Gasteiger partial charge in [-0.15, -0.1) is 0 Å². The van der Waals surface area contributed by atoms with Gasteiger partial charge in [0.1, 0.15) is 11.8 Å². The summed E-state index contributed by atoms with van der Waals surface area (Å²) in [6.45, 7) is 4.49. The summed E-state index contributed by atoms with van der Waals surface area (Å²) in [7, 11) is 1.61. The molecule has 0 saturated carbocycles. The molecule has 2 N–H and O–H groups in total. The number of rotatable bonds is 7. The van der Waals surface area contributed by atoms with Crippen LogP contribution in [0, 0.1) is 5.92 Å². The topological polar surface area (TPSA) is 58.6 Å². The monoisotopic (exact) mass is 329 g/mol. The first-order chi connectivity index (χ1) is 8.93. The van der Waals surface area contributed by atoms with Gasteiger partial charge in [0.25, 0.3) is 0 Å². The predicted molar refractivity (Wildman–Crippen MR) is 78.4 cm³/mol. The minimum atomic E-state index is -0.817. The summed E-state index contributed by atoms with van der Waals surface area (Å²) in [6, 6.07) is 5.15. The molecule has 1 aromatic carbocycles. The number of carboxylic acid groups (broad SMARTS) is 1. The molecular formula is C14H20BrNO3. The molecule has 1 atom stereocenters. The Hall–Kier alpha value is -1.07. The Morgan fingerprint density at radius 3 is 2.68 bits per heavy atom. The van der Waals surface area contributed by atoms with E-state index in [-0.39, 0.29) is 0 Å². The van der Waals surface area contributed by atoms with Gasteiger partial charge in [0.05, 0.1) is 7.11 Å². The zero-order valence-electron chi connectivity index (χ0n) is 11.4. The van der Waals surface area contributed by atoms with Crippen LogP contribution in [0.3, 0.4) is 0 Å². The van der Waals surface area contributed by atoms with Crippen molar-refractivity contribution in [2.24, 2.45) is 5.92 Å². The average Bonchev–Trinajstić information content (AvgIpc) is 2.34. The first-order valence-corrected chi connectivity index (χ1v) is 7.02. The summed E-state index contributed by atoms with van der Waals surface area (Å²) in [5.74, 6) is 0.269. The van der Waals surface area contributed by atoms with Crippen LogP contribution in [-0.2, 0) is 11.3 Å². The number of carbonyl (C=O) groups is 1. The predicted octanol–water partition coefficient (Wildman–Crippen LogP) is 3.05. The van der Waals surface area contributed by atoms with Gasteiger partial charge in [0.2, 0.25) is 0 Å². The number of aliphatic carboxylic acids is 1. The molecule has 0 aliphatic heterocycles. The Labute approximate surface area is 122 Å². The quantitative estimate of drug-likeness (QED) is 0.807. The second-order valence-corrected chi connectivity index (χ2v) is 5.77. The zero-order valence-corrected chi connectivity index (χ0v) is 13.0. The first-order valence-electron chi connectivity index (χ1n) is 6.22. The molecule has 106 valence electrons. The number of nitrogens with one attached hydrogen (secondary N) is 1. The van der Waals surface area contributed by atoms with E-state index in [4.69, 9.17) is 4.74 Å². The smallest absolute Gasteiger partial charge is 0.320 e. The van der Waals surface area contributed by atoms with Crippen molar-refractivity contribution in [3.8, 4) is 5.75 Å². The Balaban J connectivity index is 2.73. The van der Waals surface area contributed by atoms with Crippen molar-refractivity contribution in [3.05, 3.63) is 28.2 Å². The summed E-state index contributed by atoms with van der Waals surface area (Å²) in [5, 5.41) is 12.2. The summed E-state index contributed by atoms with van der Waals surface area (Å²) >= 11 is 3.40. The van der Waals surface area contributed by atoms with Crippen molar-refractivity contribution >= 4 is 21.9 Å². The maximum absolute atomic E-state index is 11.2. The number of hydrogen-bond acceptors (Lipinski definition) is 3. The number of halogens is 1. The lowest BCUT2D eigenvalue weighted by Gasteiger charge is -2.17. The molecule has 1 rings (SSSR count). The molecule has 5 heteroatoms. The summed E-state index contributed by atoms with van der Waals surface area (Å²) in [5.41, 5.74) is 0.937. The summed E-state index contributed by atoms with van der Waals surface area (Å²) < 4.78 is 6.21. The molecule has 0 radical (unpaired) electrons. The molecule has 0 heterocycles. The van der Waals surface area contributed by atoms with Gasteiger partial charge in [-0.25, -0.2) is 0 Å². The van der Waals surface area contributed by atoms with Crippen LogP contribution in [0.15, 0.2) is 22.7 Å². The fourth-order valence-corrected chi connectivity index (χ4v) is 2.27. The van der Waals surface area contributed by atoms with E-state index in [0.29, 0.717) is 18.9 Å². The largest absolute Gasteiger partial charge is 0.496 e. The standard InChI is InChI=1S/C14H20BrNO3/c1-9(2)6-12(14(17)18)16-8-10-7-11(15)4-5-13(10)19-3/h4-5,7,9,12,16H,6,8H2,1-3H3,(H,17,18)/t12-/m0/s1. The maximum Gasteiger partial charge on any atom is 0.320 e. The average molecular weight is 330 g/mol. The number of methoxy groups -OCH3 is 1. The molecule has 19 heavy (non-hydrogen) atoms. The lowest BCUT2D eigenvalue weighted by atomic mass is 10.0. The third kappa shape index (κ3) is 5.20. The molecule has 1 aromatic rings. The molecule has 4 nitrogen and oxygen atoms in total. The Bertz CT molecular complexity index is 435. The van der Waals surface area contributed by atoms with Crippen LogP contribution in [0.2, 0.25) is 0 Å². The molecular weight excluding hydrogens is 310 g/mol. The highest BCUT2D eigenvalue weighted by Gasteiger charge is 2.18. The number of carboxylic acids is 1. The van der Waals surface area contributed by atoms with Crippen LogP contribution in [0.1, 0.15) is 25.8 Å². The van der Waals surface area contributed by atoms with E-state index in [1.165, 1.54) is 0 Å². The van der Waals surface area contributed by atoms with E-state index in [9.17, 15) is 9.90 Å². The number of hydrogen-bond donors (Lipinski definition) is 2. The van der Waals surface area contributed by atoms with Crippen LogP contribution in [0.4, 0.5) is 0 Å². The van der Waals surface area contributed by atoms with Crippen molar-refractivity contribution in [1.82, 2.24) is 5.32 Å². The van der Waals surface area contributed by atoms with Gasteiger partial charge in [-0.05, 0) is 30.5 Å². The molecule has 0 fully saturated rings. The minimum Gasteiger partial charge on any atom is -0.496 e. The lowest BCUT2D eigenvalue weighted by molar-refractivity contribution is -0.140. The minimum absolute atomic E-state index is 0.331. The molecule has 0 saturated heterocycles. The van der Waals surface area contributed by atoms with Gasteiger partial charge in [0, 0.05) is 16.6 Å².